The molecule has 0 aliphatic heterocycles. The highest BCUT2D eigenvalue weighted by Gasteiger charge is 2.12. The van der Waals surface area contributed by atoms with E-state index in [4.69, 9.17) is 0 Å². The number of amides is 1. The maximum Gasteiger partial charge on any atom is 0.292 e. The molecule has 9 nitrogen and oxygen atoms in total. The first-order chi connectivity index (χ1) is 11.5. The molecule has 124 valence electrons. The lowest BCUT2D eigenvalue weighted by atomic mass is 10.2. The Morgan fingerprint density at radius 3 is 2.46 bits per heavy atom. The van der Waals surface area contributed by atoms with Crippen LogP contribution in [0.2, 0.25) is 0 Å². The molecule has 0 unspecified atom stereocenters. The van der Waals surface area contributed by atoms with Crippen LogP contribution in [-0.4, -0.2) is 22.3 Å². The van der Waals surface area contributed by atoms with E-state index in [9.17, 15) is 25.0 Å². The number of carbonyl (C=O) groups excluding carboxylic acids is 1. The Bertz CT molecular complexity index is 778. The lowest BCUT2D eigenvalue weighted by Crippen LogP contribution is -2.16. The van der Waals surface area contributed by atoms with Crippen LogP contribution in [0.4, 0.5) is 22.7 Å². The minimum absolute atomic E-state index is 0.0503. The van der Waals surface area contributed by atoms with Crippen molar-refractivity contribution in [3.05, 3.63) is 68.8 Å². The molecule has 2 rings (SSSR count). The fourth-order valence-electron chi connectivity index (χ4n) is 2.01. The van der Waals surface area contributed by atoms with Gasteiger partial charge in [-0.1, -0.05) is 18.2 Å². The van der Waals surface area contributed by atoms with Gasteiger partial charge < -0.3 is 10.6 Å². The molecule has 0 bridgehead atoms. The number of para-hydroxylation sites is 2. The van der Waals surface area contributed by atoms with Crippen molar-refractivity contribution < 1.29 is 14.6 Å². The highest BCUT2D eigenvalue weighted by atomic mass is 16.6. The Labute approximate surface area is 136 Å². The normalized spacial score (nSPS) is 10.0. The van der Waals surface area contributed by atoms with Crippen molar-refractivity contribution in [2.45, 2.75) is 6.42 Å². The molecule has 1 amide bonds. The van der Waals surface area contributed by atoms with Crippen LogP contribution in [-0.2, 0) is 4.79 Å². The topological polar surface area (TPSA) is 127 Å². The Morgan fingerprint density at radius 1 is 1.00 bits per heavy atom. The van der Waals surface area contributed by atoms with E-state index in [0.717, 1.165) is 0 Å². The Balaban J connectivity index is 1.89. The largest absolute Gasteiger partial charge is 0.379 e. The van der Waals surface area contributed by atoms with Crippen molar-refractivity contribution >= 4 is 28.7 Å². The van der Waals surface area contributed by atoms with Crippen LogP contribution >= 0.6 is 0 Å². The van der Waals surface area contributed by atoms with Gasteiger partial charge in [0, 0.05) is 36.9 Å². The molecule has 2 aromatic rings. The van der Waals surface area contributed by atoms with Gasteiger partial charge in [0.2, 0.25) is 5.91 Å². The number of non-ortho nitro benzene ring substituents is 1. The molecule has 0 radical (unpaired) electrons. The lowest BCUT2D eigenvalue weighted by molar-refractivity contribution is -0.384. The van der Waals surface area contributed by atoms with Crippen LogP contribution in [0.15, 0.2) is 48.5 Å². The zero-order valence-corrected chi connectivity index (χ0v) is 12.5. The summed E-state index contributed by atoms with van der Waals surface area (Å²) < 4.78 is 0. The quantitative estimate of drug-likeness (QED) is 0.593. The van der Waals surface area contributed by atoms with Gasteiger partial charge >= 0.3 is 0 Å². The Kier molecular flexibility index (Phi) is 5.40. The predicted molar refractivity (Wildman–Crippen MR) is 87.9 cm³/mol. The average molecular weight is 330 g/mol. The van der Waals surface area contributed by atoms with Crippen molar-refractivity contribution in [1.82, 2.24) is 0 Å². The van der Waals surface area contributed by atoms with Gasteiger partial charge in [-0.2, -0.15) is 0 Å². The summed E-state index contributed by atoms with van der Waals surface area (Å²) in [5.41, 5.74) is 0.452. The van der Waals surface area contributed by atoms with Crippen molar-refractivity contribution in [3.63, 3.8) is 0 Å². The van der Waals surface area contributed by atoms with Crippen molar-refractivity contribution in [3.8, 4) is 0 Å². The molecule has 2 aromatic carbocycles. The highest BCUT2D eigenvalue weighted by molar-refractivity contribution is 5.91. The number of carbonyl (C=O) groups is 1. The number of nitro groups is 2. The van der Waals surface area contributed by atoms with Gasteiger partial charge in [-0.25, -0.2) is 0 Å². The molecule has 0 aromatic heterocycles. The second-order valence-corrected chi connectivity index (χ2v) is 4.81. The van der Waals surface area contributed by atoms with Gasteiger partial charge in [0.1, 0.15) is 5.69 Å². The van der Waals surface area contributed by atoms with Crippen LogP contribution in [0.3, 0.4) is 0 Å². The first kappa shape index (κ1) is 16.9. The van der Waals surface area contributed by atoms with E-state index < -0.39 is 9.85 Å². The first-order valence-corrected chi connectivity index (χ1v) is 6.99. The molecule has 24 heavy (non-hydrogen) atoms. The highest BCUT2D eigenvalue weighted by Crippen LogP contribution is 2.23. The van der Waals surface area contributed by atoms with Gasteiger partial charge in [0.25, 0.3) is 11.4 Å². The minimum atomic E-state index is -0.550. The number of nitrogens with zero attached hydrogens (tertiary/aromatic N) is 2. The number of benzene rings is 2. The van der Waals surface area contributed by atoms with Gasteiger partial charge in [-0.15, -0.1) is 0 Å². The van der Waals surface area contributed by atoms with E-state index in [-0.39, 0.29) is 30.2 Å². The maximum atomic E-state index is 11.8. The summed E-state index contributed by atoms with van der Waals surface area (Å²) in [4.78, 5) is 32.4. The summed E-state index contributed by atoms with van der Waals surface area (Å²) in [6.45, 7) is 0.186. The average Bonchev–Trinajstić information content (AvgIpc) is 2.55. The van der Waals surface area contributed by atoms with E-state index >= 15 is 0 Å². The summed E-state index contributed by atoms with van der Waals surface area (Å²) in [7, 11) is 0. The number of hydrogen-bond donors (Lipinski definition) is 2. The third-order valence-corrected chi connectivity index (χ3v) is 3.11. The fourth-order valence-corrected chi connectivity index (χ4v) is 2.01. The molecule has 9 heteroatoms. The first-order valence-electron chi connectivity index (χ1n) is 6.99. The van der Waals surface area contributed by atoms with Crippen LogP contribution in [0.25, 0.3) is 0 Å². The number of rotatable bonds is 7. The molecule has 0 saturated carbocycles. The number of nitro benzene ring substituents is 2. The third kappa shape index (κ3) is 4.50. The molecule has 0 heterocycles. The lowest BCUT2D eigenvalue weighted by Gasteiger charge is -2.08. The van der Waals surface area contributed by atoms with Gasteiger partial charge in [0.05, 0.1) is 9.85 Å². The standard InChI is InChI=1S/C15H14N4O5/c20-15(17-11-4-3-5-12(10-11)18(21)22)8-9-16-13-6-1-2-7-14(13)19(23)24/h1-7,10,16H,8-9H2,(H,17,20). The molecule has 0 fully saturated rings. The SMILES string of the molecule is O=C(CCNc1ccccc1[N+](=O)[O-])Nc1cccc([N+](=O)[O-])c1. The predicted octanol–water partition coefficient (Wildman–Crippen LogP) is 2.94. The van der Waals surface area contributed by atoms with E-state index in [0.29, 0.717) is 11.4 Å². The zero-order chi connectivity index (χ0) is 17.5. The molecule has 0 aliphatic carbocycles. The summed E-state index contributed by atoms with van der Waals surface area (Å²) in [6, 6.07) is 11.7. The van der Waals surface area contributed by atoms with Crippen molar-refractivity contribution in [1.29, 1.82) is 0 Å². The smallest absolute Gasteiger partial charge is 0.292 e. The maximum absolute atomic E-state index is 11.8. The van der Waals surface area contributed by atoms with Crippen LogP contribution in [0.5, 0.6) is 0 Å². The molecule has 0 saturated heterocycles. The monoisotopic (exact) mass is 330 g/mol. The van der Waals surface area contributed by atoms with Crippen LogP contribution < -0.4 is 10.6 Å². The second-order valence-electron chi connectivity index (χ2n) is 4.81. The third-order valence-electron chi connectivity index (χ3n) is 3.11. The summed E-state index contributed by atoms with van der Waals surface area (Å²) >= 11 is 0. The summed E-state index contributed by atoms with van der Waals surface area (Å²) in [6.07, 6.45) is 0.0503. The van der Waals surface area contributed by atoms with Crippen LogP contribution in [0.1, 0.15) is 6.42 Å². The van der Waals surface area contributed by atoms with E-state index in [1.165, 1.54) is 24.3 Å². The zero-order valence-electron chi connectivity index (χ0n) is 12.5. The van der Waals surface area contributed by atoms with Gasteiger partial charge in [-0.3, -0.25) is 25.0 Å². The van der Waals surface area contributed by atoms with Crippen molar-refractivity contribution in [2.75, 3.05) is 17.2 Å². The molecule has 0 aliphatic rings. The Morgan fingerprint density at radius 2 is 1.75 bits per heavy atom. The van der Waals surface area contributed by atoms with Crippen LogP contribution in [0, 0.1) is 20.2 Å². The minimum Gasteiger partial charge on any atom is -0.379 e. The van der Waals surface area contributed by atoms with E-state index in [1.807, 2.05) is 0 Å². The molecular weight excluding hydrogens is 316 g/mol. The van der Waals surface area contributed by atoms with Gasteiger partial charge in [-0.05, 0) is 12.1 Å². The Hall–Kier alpha value is -3.49. The molecule has 0 atom stereocenters. The number of hydrogen-bond acceptors (Lipinski definition) is 6. The van der Waals surface area contributed by atoms with E-state index in [2.05, 4.69) is 10.6 Å². The van der Waals surface area contributed by atoms with Gasteiger partial charge in [0.15, 0.2) is 0 Å². The van der Waals surface area contributed by atoms with E-state index in [1.54, 1.807) is 24.3 Å². The number of anilines is 2. The summed E-state index contributed by atoms with van der Waals surface area (Å²) in [5, 5.41) is 26.9. The fraction of sp³-hybridized carbons (Fsp3) is 0.133. The molecule has 2 N–H and O–H groups in total. The molecular formula is C15H14N4O5. The number of nitrogens with one attached hydrogen (secondary N) is 2. The van der Waals surface area contributed by atoms with Crippen molar-refractivity contribution in [2.24, 2.45) is 0 Å². The molecule has 0 spiro atoms. The summed E-state index contributed by atoms with van der Waals surface area (Å²) in [5.74, 6) is -0.360. The second kappa shape index (κ2) is 7.68.